The first kappa shape index (κ1) is 20.5. The first-order valence-electron chi connectivity index (χ1n) is 9.68. The van der Waals surface area contributed by atoms with Gasteiger partial charge in [0.2, 0.25) is 0 Å². The number of likely N-dealkylation sites (tertiary alicyclic amines) is 1. The molecule has 1 saturated heterocycles. The number of piperidine rings is 1. The number of rotatable bonds is 6. The van der Waals surface area contributed by atoms with Crippen LogP contribution in [0.1, 0.15) is 19.8 Å². The van der Waals surface area contributed by atoms with E-state index in [1.54, 1.807) is 17.9 Å². The summed E-state index contributed by atoms with van der Waals surface area (Å²) in [7, 11) is -3.27. The molecule has 1 N–H and O–H groups in total. The van der Waals surface area contributed by atoms with E-state index in [0.717, 1.165) is 18.0 Å². The van der Waals surface area contributed by atoms with Gasteiger partial charge in [0, 0.05) is 23.9 Å². The Morgan fingerprint density at radius 2 is 1.86 bits per heavy atom. The van der Waals surface area contributed by atoms with E-state index in [-0.39, 0.29) is 30.1 Å². The standard InChI is InChI=1S/C20H26N2O5S/c1-2-27-20(24)16-8-11-21(12-9-16)14-19(23)22(17-6-4-3-5-7-17)18-10-13-28(25,26)15-18/h3-7,10,13,16,18H,2,8-9,11-12,14-15H2,1H3/p+1/t18-/m0/s1. The molecule has 2 heterocycles. The maximum Gasteiger partial charge on any atom is 0.309 e. The summed E-state index contributed by atoms with van der Waals surface area (Å²) in [5.41, 5.74) is 0.694. The Morgan fingerprint density at radius 1 is 1.18 bits per heavy atom. The van der Waals surface area contributed by atoms with Crippen LogP contribution in [0.15, 0.2) is 41.8 Å². The highest BCUT2D eigenvalue weighted by atomic mass is 32.2. The zero-order valence-electron chi connectivity index (χ0n) is 16.0. The fourth-order valence-corrected chi connectivity index (χ4v) is 5.09. The maximum absolute atomic E-state index is 13.1. The fourth-order valence-electron chi connectivity index (χ4n) is 3.83. The van der Waals surface area contributed by atoms with E-state index in [1.807, 2.05) is 30.3 Å². The van der Waals surface area contributed by atoms with Crippen LogP contribution in [-0.4, -0.2) is 58.3 Å². The van der Waals surface area contributed by atoms with Gasteiger partial charge >= 0.3 is 5.97 Å². The Bertz CT molecular complexity index is 829. The number of ether oxygens (including phenoxy) is 1. The number of amides is 1. The lowest BCUT2D eigenvalue weighted by molar-refractivity contribution is -0.897. The smallest absolute Gasteiger partial charge is 0.309 e. The Hall–Kier alpha value is -2.19. The highest BCUT2D eigenvalue weighted by Crippen LogP contribution is 2.22. The van der Waals surface area contributed by atoms with Crippen LogP contribution in [0.2, 0.25) is 0 Å². The SMILES string of the molecule is CCOC(=O)C1CC[NH+](CC(=O)N(c2ccccc2)[C@H]2C=CS(=O)(=O)C2)CC1. The topological polar surface area (TPSA) is 85.2 Å². The lowest BCUT2D eigenvalue weighted by Crippen LogP contribution is -3.14. The molecule has 0 aliphatic carbocycles. The van der Waals surface area contributed by atoms with Crippen LogP contribution in [0.5, 0.6) is 0 Å². The van der Waals surface area contributed by atoms with E-state index >= 15 is 0 Å². The zero-order valence-corrected chi connectivity index (χ0v) is 16.9. The summed E-state index contributed by atoms with van der Waals surface area (Å²) < 4.78 is 28.8. The van der Waals surface area contributed by atoms with Gasteiger partial charge in [-0.25, -0.2) is 8.42 Å². The number of hydrogen-bond acceptors (Lipinski definition) is 5. The van der Waals surface area contributed by atoms with Gasteiger partial charge in [0.05, 0.1) is 37.4 Å². The molecule has 152 valence electrons. The average molecular weight is 408 g/mol. The Kier molecular flexibility index (Phi) is 6.51. The monoisotopic (exact) mass is 407 g/mol. The number of sulfone groups is 1. The molecular weight excluding hydrogens is 380 g/mol. The Morgan fingerprint density at radius 3 is 2.43 bits per heavy atom. The highest BCUT2D eigenvalue weighted by Gasteiger charge is 2.35. The highest BCUT2D eigenvalue weighted by molar-refractivity contribution is 7.94. The minimum Gasteiger partial charge on any atom is -0.466 e. The largest absolute Gasteiger partial charge is 0.466 e. The molecule has 0 saturated carbocycles. The van der Waals surface area contributed by atoms with Gasteiger partial charge in [-0.3, -0.25) is 14.5 Å². The molecule has 1 aromatic carbocycles. The molecule has 1 fully saturated rings. The zero-order chi connectivity index (χ0) is 20.1. The van der Waals surface area contributed by atoms with Crippen LogP contribution in [0.4, 0.5) is 5.69 Å². The van der Waals surface area contributed by atoms with Gasteiger partial charge in [-0.2, -0.15) is 0 Å². The predicted octanol–water partition coefficient (Wildman–Crippen LogP) is 0.188. The van der Waals surface area contributed by atoms with E-state index in [4.69, 9.17) is 4.74 Å². The van der Waals surface area contributed by atoms with E-state index in [2.05, 4.69) is 0 Å². The average Bonchev–Trinajstić information content (AvgIpc) is 3.03. The van der Waals surface area contributed by atoms with Crippen molar-refractivity contribution in [1.82, 2.24) is 0 Å². The van der Waals surface area contributed by atoms with Gasteiger partial charge in [-0.05, 0) is 25.1 Å². The van der Waals surface area contributed by atoms with Gasteiger partial charge < -0.3 is 9.64 Å². The Balaban J connectivity index is 1.66. The third kappa shape index (κ3) is 4.99. The molecule has 1 aromatic rings. The lowest BCUT2D eigenvalue weighted by Gasteiger charge is -2.32. The number of carbonyl (C=O) groups excluding carboxylic acids is 2. The van der Waals surface area contributed by atoms with Crippen LogP contribution < -0.4 is 9.80 Å². The summed E-state index contributed by atoms with van der Waals surface area (Å²) in [6, 6.07) is 8.67. The number of benzene rings is 1. The lowest BCUT2D eigenvalue weighted by atomic mass is 9.97. The van der Waals surface area contributed by atoms with Crippen molar-refractivity contribution in [1.29, 1.82) is 0 Å². The molecule has 1 atom stereocenters. The molecule has 0 unspecified atom stereocenters. The molecule has 2 aliphatic heterocycles. The van der Waals surface area contributed by atoms with Crippen LogP contribution in [0, 0.1) is 5.92 Å². The number of esters is 1. The van der Waals surface area contributed by atoms with Crippen molar-refractivity contribution in [3.63, 3.8) is 0 Å². The van der Waals surface area contributed by atoms with Gasteiger partial charge in [0.15, 0.2) is 16.4 Å². The van der Waals surface area contributed by atoms with Crippen LogP contribution in [0.3, 0.4) is 0 Å². The van der Waals surface area contributed by atoms with E-state index in [0.29, 0.717) is 25.1 Å². The summed E-state index contributed by atoms with van der Waals surface area (Å²) in [4.78, 5) is 27.7. The van der Waals surface area contributed by atoms with Crippen LogP contribution in [-0.2, 0) is 24.2 Å². The third-order valence-electron chi connectivity index (χ3n) is 5.26. The first-order chi connectivity index (χ1) is 13.4. The van der Waals surface area contributed by atoms with Gasteiger partial charge in [-0.15, -0.1) is 0 Å². The van der Waals surface area contributed by atoms with Gasteiger partial charge in [-0.1, -0.05) is 18.2 Å². The summed E-state index contributed by atoms with van der Waals surface area (Å²) in [5.74, 6) is -0.442. The van der Waals surface area contributed by atoms with Crippen molar-refractivity contribution in [2.45, 2.75) is 25.8 Å². The number of para-hydroxylation sites is 1. The molecule has 0 bridgehead atoms. The van der Waals surface area contributed by atoms with Crippen molar-refractivity contribution in [2.75, 3.05) is 36.9 Å². The predicted molar refractivity (Wildman–Crippen MR) is 106 cm³/mol. The number of nitrogens with one attached hydrogen (secondary N) is 1. The number of anilines is 1. The third-order valence-corrected chi connectivity index (χ3v) is 6.64. The van der Waals surface area contributed by atoms with Crippen molar-refractivity contribution >= 4 is 27.4 Å². The number of hydrogen-bond donors (Lipinski definition) is 1. The molecule has 28 heavy (non-hydrogen) atoms. The van der Waals surface area contributed by atoms with Gasteiger partial charge in [0.1, 0.15) is 0 Å². The minimum absolute atomic E-state index is 0.0894. The molecule has 1 amide bonds. The molecule has 0 aromatic heterocycles. The minimum atomic E-state index is -3.27. The molecule has 2 aliphatic rings. The molecule has 7 nitrogen and oxygen atoms in total. The maximum atomic E-state index is 13.1. The molecule has 8 heteroatoms. The fraction of sp³-hybridized carbons (Fsp3) is 0.500. The van der Waals surface area contributed by atoms with Crippen LogP contribution >= 0.6 is 0 Å². The molecular formula is C20H27N2O5S+. The first-order valence-corrected chi connectivity index (χ1v) is 11.4. The second-order valence-electron chi connectivity index (χ2n) is 7.28. The number of carbonyl (C=O) groups is 2. The van der Waals surface area contributed by atoms with Gasteiger partial charge in [0.25, 0.3) is 5.91 Å². The second kappa shape index (κ2) is 8.87. The van der Waals surface area contributed by atoms with Crippen LogP contribution in [0.25, 0.3) is 0 Å². The summed E-state index contributed by atoms with van der Waals surface area (Å²) >= 11 is 0. The van der Waals surface area contributed by atoms with Crippen molar-refractivity contribution in [3.8, 4) is 0 Å². The summed E-state index contributed by atoms with van der Waals surface area (Å²) in [5, 5.41) is 1.19. The number of nitrogens with zero attached hydrogens (tertiary/aromatic N) is 1. The van der Waals surface area contributed by atoms with Crippen molar-refractivity contribution < 1.29 is 27.6 Å². The normalized spacial score (nSPS) is 26.0. The molecule has 0 spiro atoms. The Labute approximate surface area is 165 Å². The number of quaternary nitrogens is 1. The van der Waals surface area contributed by atoms with E-state index in [9.17, 15) is 18.0 Å². The summed E-state index contributed by atoms with van der Waals surface area (Å²) in [6.45, 7) is 3.89. The quantitative estimate of drug-likeness (QED) is 0.681. The van der Waals surface area contributed by atoms with E-state index < -0.39 is 15.9 Å². The molecule has 0 radical (unpaired) electrons. The summed E-state index contributed by atoms with van der Waals surface area (Å²) in [6.07, 6.45) is 2.98. The van der Waals surface area contributed by atoms with Crippen molar-refractivity contribution in [2.24, 2.45) is 5.92 Å². The van der Waals surface area contributed by atoms with E-state index in [1.165, 1.54) is 5.41 Å². The molecule has 3 rings (SSSR count). The van der Waals surface area contributed by atoms with Crippen molar-refractivity contribution in [3.05, 3.63) is 41.8 Å². The second-order valence-corrected chi connectivity index (χ2v) is 9.21.